The average Bonchev–Trinajstić information content (AvgIpc) is 2.84. The Balaban J connectivity index is 2.23. The number of aryl methyl sites for hydroxylation is 1. The molecule has 8 heteroatoms. The van der Waals surface area contributed by atoms with Gasteiger partial charge in [-0.15, -0.1) is 11.8 Å². The van der Waals surface area contributed by atoms with Crippen LogP contribution in [0.25, 0.3) is 0 Å². The van der Waals surface area contributed by atoms with Crippen molar-refractivity contribution in [1.29, 1.82) is 0 Å². The molecular formula is C15H24N2O4SSi. The van der Waals surface area contributed by atoms with E-state index in [1.807, 2.05) is 6.08 Å². The molecule has 1 aliphatic rings. The highest BCUT2D eigenvalue weighted by molar-refractivity contribution is 8.03. The van der Waals surface area contributed by atoms with Crippen molar-refractivity contribution in [2.75, 3.05) is 12.4 Å². The number of nitrogens with one attached hydrogen (secondary N) is 1. The van der Waals surface area contributed by atoms with Gasteiger partial charge in [0.2, 0.25) is 0 Å². The van der Waals surface area contributed by atoms with Gasteiger partial charge in [-0.2, -0.15) is 0 Å². The van der Waals surface area contributed by atoms with Gasteiger partial charge in [0.25, 0.3) is 5.56 Å². The van der Waals surface area contributed by atoms with Crippen molar-refractivity contribution in [2.24, 2.45) is 0 Å². The number of aromatic nitrogens is 2. The number of aliphatic hydroxyl groups is 1. The van der Waals surface area contributed by atoms with Crippen LogP contribution in [-0.2, 0) is 4.74 Å². The SMILES string of the molecule is Cc1cn([C@@H]2O[C@H](CO)C=C2SCC[Si](C)(C)C)c(=O)[nH]c1=O. The van der Waals surface area contributed by atoms with E-state index in [0.29, 0.717) is 5.56 Å². The van der Waals surface area contributed by atoms with Gasteiger partial charge in [-0.3, -0.25) is 14.3 Å². The second kappa shape index (κ2) is 7.21. The first kappa shape index (κ1) is 18.2. The molecule has 2 atom stereocenters. The average molecular weight is 357 g/mol. The number of rotatable bonds is 6. The fraction of sp³-hybridized carbons (Fsp3) is 0.600. The zero-order valence-corrected chi connectivity index (χ0v) is 15.8. The van der Waals surface area contributed by atoms with E-state index in [4.69, 9.17) is 4.74 Å². The molecule has 6 nitrogen and oxygen atoms in total. The molecule has 0 bridgehead atoms. The third-order valence-electron chi connectivity index (χ3n) is 3.60. The summed E-state index contributed by atoms with van der Waals surface area (Å²) in [7, 11) is -1.14. The maximum atomic E-state index is 12.1. The summed E-state index contributed by atoms with van der Waals surface area (Å²) in [6.45, 7) is 8.46. The van der Waals surface area contributed by atoms with Crippen LogP contribution in [0.4, 0.5) is 0 Å². The minimum atomic E-state index is -1.14. The molecule has 0 unspecified atom stereocenters. The lowest BCUT2D eigenvalue weighted by molar-refractivity contribution is -0.0117. The van der Waals surface area contributed by atoms with E-state index in [-0.39, 0.29) is 12.2 Å². The van der Waals surface area contributed by atoms with E-state index in [9.17, 15) is 14.7 Å². The number of hydrogen-bond donors (Lipinski definition) is 2. The Morgan fingerprint density at radius 1 is 1.39 bits per heavy atom. The molecule has 1 aliphatic heterocycles. The third-order valence-corrected chi connectivity index (χ3v) is 6.79. The lowest BCUT2D eigenvalue weighted by Crippen LogP contribution is -2.34. The Hall–Kier alpha value is -1.09. The normalized spacial score (nSPS) is 21.5. The highest BCUT2D eigenvalue weighted by Crippen LogP contribution is 2.36. The van der Waals surface area contributed by atoms with Gasteiger partial charge in [0.1, 0.15) is 6.10 Å². The van der Waals surface area contributed by atoms with Crippen LogP contribution in [-0.4, -0.2) is 41.2 Å². The van der Waals surface area contributed by atoms with Gasteiger partial charge in [0.05, 0.1) is 6.61 Å². The van der Waals surface area contributed by atoms with E-state index >= 15 is 0 Å². The number of H-pyrrole nitrogens is 1. The Kier molecular flexibility index (Phi) is 5.72. The highest BCUT2D eigenvalue weighted by atomic mass is 32.2. The molecule has 1 aromatic heterocycles. The first-order valence-corrected chi connectivity index (χ1v) is 12.3. The first-order chi connectivity index (χ1) is 10.7. The zero-order chi connectivity index (χ0) is 17.2. The van der Waals surface area contributed by atoms with Crippen molar-refractivity contribution in [3.8, 4) is 0 Å². The lowest BCUT2D eigenvalue weighted by atomic mass is 10.3. The molecule has 0 radical (unpaired) electrons. The summed E-state index contributed by atoms with van der Waals surface area (Å²) in [6, 6.07) is 1.16. The summed E-state index contributed by atoms with van der Waals surface area (Å²) in [4.78, 5) is 26.8. The van der Waals surface area contributed by atoms with Crippen molar-refractivity contribution in [3.05, 3.63) is 43.6 Å². The molecular weight excluding hydrogens is 332 g/mol. The highest BCUT2D eigenvalue weighted by Gasteiger charge is 2.30. The van der Waals surface area contributed by atoms with Crippen molar-refractivity contribution in [3.63, 3.8) is 0 Å². The van der Waals surface area contributed by atoms with Crippen LogP contribution in [0.15, 0.2) is 26.8 Å². The summed E-state index contributed by atoms with van der Waals surface area (Å²) >= 11 is 1.66. The molecule has 0 fully saturated rings. The molecule has 0 spiro atoms. The summed E-state index contributed by atoms with van der Waals surface area (Å²) in [5.74, 6) is 0.955. The first-order valence-electron chi connectivity index (χ1n) is 7.64. The second-order valence-corrected chi connectivity index (χ2v) is 13.7. The molecule has 0 saturated carbocycles. The van der Waals surface area contributed by atoms with E-state index in [1.54, 1.807) is 18.7 Å². The molecule has 0 aromatic carbocycles. The quantitative estimate of drug-likeness (QED) is 0.758. The summed E-state index contributed by atoms with van der Waals surface area (Å²) in [6.07, 6.45) is 2.38. The molecule has 0 amide bonds. The van der Waals surface area contributed by atoms with Crippen LogP contribution >= 0.6 is 11.8 Å². The fourth-order valence-electron chi connectivity index (χ4n) is 2.19. The molecule has 128 valence electrons. The molecule has 1 aromatic rings. The minimum Gasteiger partial charge on any atom is -0.393 e. The number of hydrogen-bond acceptors (Lipinski definition) is 5. The van der Waals surface area contributed by atoms with Gasteiger partial charge in [0, 0.05) is 24.7 Å². The van der Waals surface area contributed by atoms with Crippen molar-refractivity contribution in [2.45, 2.75) is 44.9 Å². The fourth-order valence-corrected chi connectivity index (χ4v) is 5.84. The number of aliphatic hydroxyl groups excluding tert-OH is 1. The molecule has 2 heterocycles. The van der Waals surface area contributed by atoms with E-state index < -0.39 is 26.1 Å². The summed E-state index contributed by atoms with van der Waals surface area (Å²) in [5.41, 5.74) is -0.437. The Labute approximate surface area is 140 Å². The largest absolute Gasteiger partial charge is 0.393 e. The van der Waals surface area contributed by atoms with Gasteiger partial charge in [-0.1, -0.05) is 19.6 Å². The van der Waals surface area contributed by atoms with Crippen LogP contribution < -0.4 is 11.2 Å². The van der Waals surface area contributed by atoms with Gasteiger partial charge in [0.15, 0.2) is 6.23 Å². The van der Waals surface area contributed by atoms with Crippen LogP contribution in [0.2, 0.25) is 25.7 Å². The van der Waals surface area contributed by atoms with Crippen molar-refractivity contribution in [1.82, 2.24) is 9.55 Å². The van der Waals surface area contributed by atoms with Crippen LogP contribution in [0.5, 0.6) is 0 Å². The minimum absolute atomic E-state index is 0.133. The summed E-state index contributed by atoms with van der Waals surface area (Å²) in [5, 5.41) is 9.35. The maximum absolute atomic E-state index is 12.1. The topological polar surface area (TPSA) is 84.3 Å². The van der Waals surface area contributed by atoms with Gasteiger partial charge >= 0.3 is 5.69 Å². The molecule has 2 rings (SSSR count). The van der Waals surface area contributed by atoms with E-state index in [0.717, 1.165) is 16.7 Å². The number of ether oxygens (including phenoxy) is 1. The Bertz CT molecular complexity index is 705. The smallest absolute Gasteiger partial charge is 0.330 e. The van der Waals surface area contributed by atoms with E-state index in [1.165, 1.54) is 10.8 Å². The van der Waals surface area contributed by atoms with E-state index in [2.05, 4.69) is 24.6 Å². The van der Waals surface area contributed by atoms with Crippen molar-refractivity contribution >= 4 is 19.8 Å². The third kappa shape index (κ3) is 4.69. The monoisotopic (exact) mass is 356 g/mol. The lowest BCUT2D eigenvalue weighted by Gasteiger charge is -2.20. The Morgan fingerprint density at radius 2 is 2.09 bits per heavy atom. The predicted octanol–water partition coefficient (Wildman–Crippen LogP) is 1.69. The van der Waals surface area contributed by atoms with Crippen LogP contribution in [0.1, 0.15) is 11.8 Å². The second-order valence-electron chi connectivity index (χ2n) is 6.92. The number of thioether (sulfide) groups is 1. The van der Waals surface area contributed by atoms with Crippen LogP contribution in [0.3, 0.4) is 0 Å². The molecule has 23 heavy (non-hydrogen) atoms. The molecule has 2 N–H and O–H groups in total. The maximum Gasteiger partial charge on any atom is 0.330 e. The zero-order valence-electron chi connectivity index (χ0n) is 14.0. The Morgan fingerprint density at radius 3 is 2.70 bits per heavy atom. The summed E-state index contributed by atoms with van der Waals surface area (Å²) < 4.78 is 7.15. The van der Waals surface area contributed by atoms with Gasteiger partial charge < -0.3 is 9.84 Å². The van der Waals surface area contributed by atoms with Gasteiger partial charge in [-0.05, 0) is 24.8 Å². The predicted molar refractivity (Wildman–Crippen MR) is 95.7 cm³/mol. The van der Waals surface area contributed by atoms with Gasteiger partial charge in [-0.25, -0.2) is 4.79 Å². The van der Waals surface area contributed by atoms with Crippen LogP contribution in [0, 0.1) is 6.92 Å². The molecule has 0 aliphatic carbocycles. The number of aromatic amines is 1. The number of nitrogens with zero attached hydrogens (tertiary/aromatic N) is 1. The standard InChI is InChI=1S/C15H24N2O4SSi/c1-10-8-17(15(20)16-13(10)19)14-12(7-11(9-18)21-14)22-5-6-23(2,3)4/h7-8,11,14,18H,5-6,9H2,1-4H3,(H,16,19,20)/t11-,14+/m0/s1. The molecule has 0 saturated heterocycles. The van der Waals surface area contributed by atoms with Crippen molar-refractivity contribution < 1.29 is 9.84 Å².